The van der Waals surface area contributed by atoms with Gasteiger partial charge in [0.15, 0.2) is 5.78 Å². The summed E-state index contributed by atoms with van der Waals surface area (Å²) in [6.07, 6.45) is 0. The summed E-state index contributed by atoms with van der Waals surface area (Å²) in [5.74, 6) is 0.492. The van der Waals surface area contributed by atoms with Crippen LogP contribution in [0.5, 0.6) is 0 Å². The molecule has 1 N–H and O–H groups in total. The number of anilines is 1. The maximum atomic E-state index is 12.3. The number of carbonyl (C=O) groups excluding carboxylic acids is 2. The number of nitrogens with one attached hydrogen (secondary N) is 1. The number of aryl methyl sites for hydroxylation is 1. The molecule has 0 unspecified atom stereocenters. The molecule has 25 heavy (non-hydrogen) atoms. The third-order valence-corrected chi connectivity index (χ3v) is 4.81. The zero-order valence-electron chi connectivity index (χ0n) is 14.0. The van der Waals surface area contributed by atoms with Gasteiger partial charge < -0.3 is 5.32 Å². The fraction of sp³-hybridized carbons (Fsp3) is 0.143. The average Bonchev–Trinajstić information content (AvgIpc) is 2.63. The summed E-state index contributed by atoms with van der Waals surface area (Å²) in [4.78, 5) is 24.3. The number of rotatable bonds is 6. The molecule has 0 aromatic heterocycles. The average molecular weight is 349 g/mol. The molecule has 3 aromatic rings. The largest absolute Gasteiger partial charge is 0.325 e. The zero-order valence-corrected chi connectivity index (χ0v) is 14.8. The van der Waals surface area contributed by atoms with Gasteiger partial charge in [-0.25, -0.2) is 0 Å². The van der Waals surface area contributed by atoms with Gasteiger partial charge in [-0.3, -0.25) is 9.59 Å². The van der Waals surface area contributed by atoms with Gasteiger partial charge in [-0.05, 0) is 35.9 Å². The van der Waals surface area contributed by atoms with Gasteiger partial charge in [0.1, 0.15) is 0 Å². The molecule has 0 bridgehead atoms. The Bertz CT molecular complexity index is 903. The molecule has 0 aliphatic heterocycles. The first-order chi connectivity index (χ1) is 12.1. The second-order valence-corrected chi connectivity index (χ2v) is 6.88. The number of thioether (sulfide) groups is 1. The van der Waals surface area contributed by atoms with Crippen molar-refractivity contribution in [1.82, 2.24) is 0 Å². The summed E-state index contributed by atoms with van der Waals surface area (Å²) in [5, 5.41) is 5.00. The minimum absolute atomic E-state index is 0.0406. The Morgan fingerprint density at radius 2 is 1.60 bits per heavy atom. The number of hydrogen-bond acceptors (Lipinski definition) is 3. The molecule has 3 nitrogen and oxygen atoms in total. The molecule has 0 saturated heterocycles. The molecule has 3 aromatic carbocycles. The number of hydrogen-bond donors (Lipinski definition) is 1. The SMILES string of the molecule is Cc1ccc(NC(=O)CSCC(=O)c2ccc3ccccc3c2)cc1. The van der Waals surface area contributed by atoms with E-state index in [4.69, 9.17) is 0 Å². The summed E-state index contributed by atoms with van der Waals surface area (Å²) in [7, 11) is 0. The van der Waals surface area contributed by atoms with Crippen molar-refractivity contribution in [3.8, 4) is 0 Å². The van der Waals surface area contributed by atoms with Gasteiger partial charge in [-0.1, -0.05) is 54.1 Å². The summed E-state index contributed by atoms with van der Waals surface area (Å²) < 4.78 is 0. The Morgan fingerprint density at radius 1 is 0.880 bits per heavy atom. The minimum Gasteiger partial charge on any atom is -0.325 e. The molecule has 0 radical (unpaired) electrons. The Kier molecular flexibility index (Phi) is 5.51. The van der Waals surface area contributed by atoms with Crippen molar-refractivity contribution in [2.24, 2.45) is 0 Å². The molecule has 0 heterocycles. The Morgan fingerprint density at radius 3 is 2.36 bits per heavy atom. The first-order valence-electron chi connectivity index (χ1n) is 8.08. The van der Waals surface area contributed by atoms with E-state index >= 15 is 0 Å². The molecular weight excluding hydrogens is 330 g/mol. The molecular formula is C21H19NO2S. The quantitative estimate of drug-likeness (QED) is 0.656. The number of benzene rings is 3. The van der Waals surface area contributed by atoms with E-state index in [2.05, 4.69) is 5.32 Å². The van der Waals surface area contributed by atoms with Crippen molar-refractivity contribution in [3.05, 3.63) is 77.9 Å². The lowest BCUT2D eigenvalue weighted by Crippen LogP contribution is -2.15. The van der Waals surface area contributed by atoms with E-state index in [0.717, 1.165) is 22.0 Å². The summed E-state index contributed by atoms with van der Waals surface area (Å²) in [5.41, 5.74) is 2.61. The predicted molar refractivity (Wildman–Crippen MR) is 105 cm³/mol. The van der Waals surface area contributed by atoms with Crippen molar-refractivity contribution in [3.63, 3.8) is 0 Å². The lowest BCUT2D eigenvalue weighted by atomic mass is 10.1. The normalized spacial score (nSPS) is 10.6. The van der Waals surface area contributed by atoms with Crippen molar-refractivity contribution in [2.45, 2.75) is 6.92 Å². The van der Waals surface area contributed by atoms with Crippen LogP contribution in [0.2, 0.25) is 0 Å². The lowest BCUT2D eigenvalue weighted by Gasteiger charge is -2.06. The molecule has 3 rings (SSSR count). The molecule has 0 atom stereocenters. The molecule has 126 valence electrons. The van der Waals surface area contributed by atoms with Crippen LogP contribution in [0.1, 0.15) is 15.9 Å². The molecule has 0 aliphatic carbocycles. The smallest absolute Gasteiger partial charge is 0.234 e. The Balaban J connectivity index is 1.51. The van der Waals surface area contributed by atoms with Gasteiger partial charge >= 0.3 is 0 Å². The molecule has 0 saturated carbocycles. The highest BCUT2D eigenvalue weighted by Crippen LogP contribution is 2.17. The molecule has 1 amide bonds. The van der Waals surface area contributed by atoms with Crippen LogP contribution < -0.4 is 5.32 Å². The van der Waals surface area contributed by atoms with Crippen LogP contribution in [0.4, 0.5) is 5.69 Å². The van der Waals surface area contributed by atoms with Crippen LogP contribution in [-0.4, -0.2) is 23.2 Å². The van der Waals surface area contributed by atoms with Gasteiger partial charge in [-0.2, -0.15) is 0 Å². The number of fused-ring (bicyclic) bond motifs is 1. The van der Waals surface area contributed by atoms with Crippen LogP contribution in [-0.2, 0) is 4.79 Å². The summed E-state index contributed by atoms with van der Waals surface area (Å²) in [6.45, 7) is 2.00. The maximum Gasteiger partial charge on any atom is 0.234 e. The van der Waals surface area contributed by atoms with E-state index in [1.807, 2.05) is 73.7 Å². The van der Waals surface area contributed by atoms with Crippen LogP contribution in [0.15, 0.2) is 66.7 Å². The molecule has 0 spiro atoms. The van der Waals surface area contributed by atoms with Gasteiger partial charge in [0.05, 0.1) is 11.5 Å². The van der Waals surface area contributed by atoms with Crippen molar-refractivity contribution >= 4 is 39.9 Å². The first kappa shape index (κ1) is 17.2. The maximum absolute atomic E-state index is 12.3. The fourth-order valence-electron chi connectivity index (χ4n) is 2.52. The van der Waals surface area contributed by atoms with E-state index in [1.165, 1.54) is 11.8 Å². The highest BCUT2D eigenvalue weighted by atomic mass is 32.2. The Hall–Kier alpha value is -2.59. The second kappa shape index (κ2) is 7.99. The van der Waals surface area contributed by atoms with Crippen LogP contribution in [0.3, 0.4) is 0 Å². The van der Waals surface area contributed by atoms with Crippen LogP contribution >= 0.6 is 11.8 Å². The molecule has 4 heteroatoms. The van der Waals surface area contributed by atoms with Gasteiger partial charge in [0.25, 0.3) is 0 Å². The number of Topliss-reactive ketones (excluding diaryl/α,β-unsaturated/α-hetero) is 1. The zero-order chi connectivity index (χ0) is 17.6. The van der Waals surface area contributed by atoms with Gasteiger partial charge in [0.2, 0.25) is 5.91 Å². The second-order valence-electron chi connectivity index (χ2n) is 5.89. The van der Waals surface area contributed by atoms with E-state index < -0.39 is 0 Å². The third-order valence-electron chi connectivity index (χ3n) is 3.87. The predicted octanol–water partition coefficient (Wildman–Crippen LogP) is 4.70. The highest BCUT2D eigenvalue weighted by molar-refractivity contribution is 8.00. The van der Waals surface area contributed by atoms with Crippen LogP contribution in [0, 0.1) is 6.92 Å². The topological polar surface area (TPSA) is 46.2 Å². The fourth-order valence-corrected chi connectivity index (χ4v) is 3.23. The molecule has 0 fully saturated rings. The van der Waals surface area contributed by atoms with E-state index in [1.54, 1.807) is 0 Å². The summed E-state index contributed by atoms with van der Waals surface area (Å²) in [6, 6.07) is 21.3. The number of carbonyl (C=O) groups is 2. The standard InChI is InChI=1S/C21H19NO2S/c1-15-6-10-19(11-7-15)22-21(24)14-25-13-20(23)18-9-8-16-4-2-3-5-17(16)12-18/h2-12H,13-14H2,1H3,(H,22,24). The van der Waals surface area contributed by atoms with Gasteiger partial charge in [0, 0.05) is 11.3 Å². The monoisotopic (exact) mass is 349 g/mol. The van der Waals surface area contributed by atoms with E-state index in [0.29, 0.717) is 11.3 Å². The van der Waals surface area contributed by atoms with Gasteiger partial charge in [-0.15, -0.1) is 11.8 Å². The molecule has 0 aliphatic rings. The van der Waals surface area contributed by atoms with Crippen molar-refractivity contribution in [2.75, 3.05) is 16.8 Å². The first-order valence-corrected chi connectivity index (χ1v) is 9.23. The number of ketones is 1. The minimum atomic E-state index is -0.0971. The lowest BCUT2D eigenvalue weighted by molar-refractivity contribution is -0.113. The van der Waals surface area contributed by atoms with E-state index in [-0.39, 0.29) is 17.4 Å². The van der Waals surface area contributed by atoms with E-state index in [9.17, 15) is 9.59 Å². The van der Waals surface area contributed by atoms with Crippen LogP contribution in [0.25, 0.3) is 10.8 Å². The highest BCUT2D eigenvalue weighted by Gasteiger charge is 2.09. The van der Waals surface area contributed by atoms with Crippen molar-refractivity contribution in [1.29, 1.82) is 0 Å². The summed E-state index contributed by atoms with van der Waals surface area (Å²) >= 11 is 1.33. The number of amides is 1. The third kappa shape index (κ3) is 4.70. The Labute approximate surface area is 151 Å². The van der Waals surface area contributed by atoms with Crippen molar-refractivity contribution < 1.29 is 9.59 Å².